The summed E-state index contributed by atoms with van der Waals surface area (Å²) in [6.07, 6.45) is 11.1. The van der Waals surface area contributed by atoms with Crippen molar-refractivity contribution in [3.8, 4) is 0 Å². The molecule has 0 aromatic rings. The van der Waals surface area contributed by atoms with Crippen LogP contribution in [0.2, 0.25) is 0 Å². The second kappa shape index (κ2) is 6.69. The summed E-state index contributed by atoms with van der Waals surface area (Å²) in [6, 6.07) is 0. The Morgan fingerprint density at radius 3 is 2.67 bits per heavy atom. The molecule has 0 aromatic carbocycles. The zero-order valence-electron chi connectivity index (χ0n) is 17.5. The third kappa shape index (κ3) is 3.13. The highest BCUT2D eigenvalue weighted by molar-refractivity contribution is 5.80. The fourth-order valence-corrected chi connectivity index (χ4v) is 7.48. The lowest BCUT2D eigenvalue weighted by Gasteiger charge is -2.58. The van der Waals surface area contributed by atoms with E-state index in [2.05, 4.69) is 20.8 Å². The van der Waals surface area contributed by atoms with Gasteiger partial charge in [-0.25, -0.2) is 0 Å². The van der Waals surface area contributed by atoms with Gasteiger partial charge in [0.1, 0.15) is 5.78 Å². The molecule has 0 radical (unpaired) electrons. The summed E-state index contributed by atoms with van der Waals surface area (Å²) in [5, 5.41) is 21.9. The SMILES string of the molecule is CC(C)CCC[C@]12CC[C@@]3(C)C(=C1C[C@@H](O)C2)CC[C@@]1(O)CC(=O)CC[C@@H]13. The van der Waals surface area contributed by atoms with Gasteiger partial charge in [0.2, 0.25) is 0 Å². The first kappa shape index (κ1) is 19.6. The first-order valence-corrected chi connectivity index (χ1v) is 11.3. The molecule has 2 N–H and O–H groups in total. The summed E-state index contributed by atoms with van der Waals surface area (Å²) in [4.78, 5) is 12.0. The van der Waals surface area contributed by atoms with E-state index in [0.717, 1.165) is 50.9 Å². The number of fused-ring (bicyclic) bond motifs is 4. The molecule has 0 aromatic heterocycles. The summed E-state index contributed by atoms with van der Waals surface area (Å²) in [6.45, 7) is 6.96. The molecule has 0 saturated heterocycles. The van der Waals surface area contributed by atoms with E-state index >= 15 is 0 Å². The van der Waals surface area contributed by atoms with Crippen LogP contribution in [0.1, 0.15) is 97.8 Å². The largest absolute Gasteiger partial charge is 0.393 e. The zero-order valence-corrected chi connectivity index (χ0v) is 17.5. The number of allylic oxidation sites excluding steroid dienone is 1. The van der Waals surface area contributed by atoms with E-state index in [1.165, 1.54) is 19.3 Å². The van der Waals surface area contributed by atoms with Gasteiger partial charge in [-0.3, -0.25) is 4.79 Å². The minimum atomic E-state index is -0.789. The van der Waals surface area contributed by atoms with Crippen LogP contribution in [0.25, 0.3) is 0 Å². The number of ketones is 1. The smallest absolute Gasteiger partial charge is 0.135 e. The fraction of sp³-hybridized carbons (Fsp3) is 0.875. The molecule has 0 heterocycles. The highest BCUT2D eigenvalue weighted by Gasteiger charge is 2.59. The van der Waals surface area contributed by atoms with Crippen LogP contribution in [0.15, 0.2) is 11.1 Å². The molecule has 5 atom stereocenters. The Bertz CT molecular complexity index is 650. The predicted octanol–water partition coefficient (Wildman–Crippen LogP) is 4.94. The molecule has 3 nitrogen and oxygen atoms in total. The van der Waals surface area contributed by atoms with Gasteiger partial charge in [0.15, 0.2) is 0 Å². The van der Waals surface area contributed by atoms with E-state index in [-0.39, 0.29) is 28.6 Å². The van der Waals surface area contributed by atoms with Gasteiger partial charge < -0.3 is 10.2 Å². The van der Waals surface area contributed by atoms with E-state index in [1.54, 1.807) is 11.1 Å². The molecule has 152 valence electrons. The first-order valence-electron chi connectivity index (χ1n) is 11.3. The number of rotatable bonds is 4. The van der Waals surface area contributed by atoms with Gasteiger partial charge in [-0.2, -0.15) is 0 Å². The third-order valence-corrected chi connectivity index (χ3v) is 8.76. The van der Waals surface area contributed by atoms with Gasteiger partial charge in [0.05, 0.1) is 11.7 Å². The van der Waals surface area contributed by atoms with Crippen LogP contribution in [0, 0.1) is 22.7 Å². The number of carbonyl (C=O) groups is 1. The average Bonchev–Trinajstić information content (AvgIpc) is 2.89. The number of Topliss-reactive ketones (excluding diaryl/α,β-unsaturated/α-hetero) is 1. The number of aliphatic hydroxyl groups excluding tert-OH is 1. The predicted molar refractivity (Wildman–Crippen MR) is 107 cm³/mol. The Labute approximate surface area is 164 Å². The van der Waals surface area contributed by atoms with Crippen LogP contribution in [-0.2, 0) is 4.79 Å². The maximum absolute atomic E-state index is 12.0. The van der Waals surface area contributed by atoms with Crippen LogP contribution < -0.4 is 0 Å². The van der Waals surface area contributed by atoms with Crippen molar-refractivity contribution in [1.29, 1.82) is 0 Å². The molecule has 0 bridgehead atoms. The van der Waals surface area contributed by atoms with Crippen LogP contribution >= 0.6 is 0 Å². The first-order chi connectivity index (χ1) is 12.7. The van der Waals surface area contributed by atoms with Gasteiger partial charge in [0.25, 0.3) is 0 Å². The van der Waals surface area contributed by atoms with Crippen molar-refractivity contribution < 1.29 is 15.0 Å². The second-order valence-electron chi connectivity index (χ2n) is 10.9. The maximum Gasteiger partial charge on any atom is 0.135 e. The topological polar surface area (TPSA) is 57.5 Å². The summed E-state index contributed by atoms with van der Waals surface area (Å²) >= 11 is 0. The lowest BCUT2D eigenvalue weighted by molar-refractivity contribution is -0.147. The molecule has 27 heavy (non-hydrogen) atoms. The molecular weight excluding hydrogens is 336 g/mol. The standard InChI is InChI=1S/C24H38O3/c1-16(2)5-4-9-23-12-11-22(3)19(20(23)13-18(26)14-23)8-10-24(27)15-17(25)6-7-21(22)24/h16,18,21,26-27H,4-15H2,1-3H3/t18-,21-,22+,23-,24-/m1/s1. The minimum absolute atomic E-state index is 0.0225. The van der Waals surface area contributed by atoms with Crippen molar-refractivity contribution in [2.24, 2.45) is 22.7 Å². The van der Waals surface area contributed by atoms with Crippen molar-refractivity contribution >= 4 is 5.78 Å². The van der Waals surface area contributed by atoms with Crippen molar-refractivity contribution in [1.82, 2.24) is 0 Å². The van der Waals surface area contributed by atoms with Gasteiger partial charge in [-0.05, 0) is 74.0 Å². The van der Waals surface area contributed by atoms with E-state index in [0.29, 0.717) is 12.8 Å². The summed E-state index contributed by atoms with van der Waals surface area (Å²) in [5.41, 5.74) is 2.58. The molecular formula is C24H38O3. The van der Waals surface area contributed by atoms with Crippen molar-refractivity contribution in [2.75, 3.05) is 0 Å². The number of hydrogen-bond donors (Lipinski definition) is 2. The van der Waals surface area contributed by atoms with Crippen molar-refractivity contribution in [3.05, 3.63) is 11.1 Å². The Hall–Kier alpha value is -0.670. The Balaban J connectivity index is 1.67. The summed E-state index contributed by atoms with van der Waals surface area (Å²) < 4.78 is 0. The lowest BCUT2D eigenvalue weighted by atomic mass is 9.47. The van der Waals surface area contributed by atoms with E-state index in [1.807, 2.05) is 0 Å². The quantitative estimate of drug-likeness (QED) is 0.685. The van der Waals surface area contributed by atoms with Crippen LogP contribution in [0.3, 0.4) is 0 Å². The zero-order chi connectivity index (χ0) is 19.4. The third-order valence-electron chi connectivity index (χ3n) is 8.76. The Morgan fingerprint density at radius 2 is 1.93 bits per heavy atom. The summed E-state index contributed by atoms with van der Waals surface area (Å²) in [5.74, 6) is 1.19. The normalized spacial score (nSPS) is 44.3. The molecule has 3 fully saturated rings. The Morgan fingerprint density at radius 1 is 1.15 bits per heavy atom. The summed E-state index contributed by atoms with van der Waals surface area (Å²) in [7, 11) is 0. The van der Waals surface area contributed by atoms with Gasteiger partial charge >= 0.3 is 0 Å². The van der Waals surface area contributed by atoms with E-state index in [4.69, 9.17) is 0 Å². The highest BCUT2D eigenvalue weighted by Crippen LogP contribution is 2.66. The van der Waals surface area contributed by atoms with Crippen LogP contribution in [-0.4, -0.2) is 27.7 Å². The van der Waals surface area contributed by atoms with Gasteiger partial charge in [-0.1, -0.05) is 44.8 Å². The molecule has 0 spiro atoms. The molecule has 0 unspecified atom stereocenters. The molecule has 3 heteroatoms. The molecule has 0 aliphatic heterocycles. The van der Waals surface area contributed by atoms with Gasteiger partial charge in [-0.15, -0.1) is 0 Å². The van der Waals surface area contributed by atoms with Crippen molar-refractivity contribution in [3.63, 3.8) is 0 Å². The second-order valence-corrected chi connectivity index (χ2v) is 10.9. The monoisotopic (exact) mass is 374 g/mol. The molecule has 4 aliphatic carbocycles. The van der Waals surface area contributed by atoms with Crippen LogP contribution in [0.4, 0.5) is 0 Å². The molecule has 4 rings (SSSR count). The maximum atomic E-state index is 12.0. The lowest BCUT2D eigenvalue weighted by Crippen LogP contribution is -2.56. The number of hydrogen-bond acceptors (Lipinski definition) is 3. The average molecular weight is 375 g/mol. The van der Waals surface area contributed by atoms with Gasteiger partial charge in [0, 0.05) is 12.8 Å². The fourth-order valence-electron chi connectivity index (χ4n) is 7.48. The molecule has 3 saturated carbocycles. The number of aliphatic hydroxyl groups is 2. The minimum Gasteiger partial charge on any atom is -0.393 e. The molecule has 4 aliphatic rings. The van der Waals surface area contributed by atoms with Crippen LogP contribution in [0.5, 0.6) is 0 Å². The van der Waals surface area contributed by atoms with Crippen molar-refractivity contribution in [2.45, 2.75) is 110 Å². The molecule has 0 amide bonds. The Kier molecular flexibility index (Phi) is 4.87. The van der Waals surface area contributed by atoms with E-state index in [9.17, 15) is 15.0 Å². The highest BCUT2D eigenvalue weighted by atomic mass is 16.3. The van der Waals surface area contributed by atoms with E-state index < -0.39 is 5.60 Å². The number of carbonyl (C=O) groups excluding carboxylic acids is 1.